The van der Waals surface area contributed by atoms with Crippen molar-refractivity contribution in [1.29, 1.82) is 5.26 Å². The number of benzene rings is 3. The first-order valence-corrected chi connectivity index (χ1v) is 12.5. The quantitative estimate of drug-likeness (QED) is 0.244. The van der Waals surface area contributed by atoms with Gasteiger partial charge in [-0.3, -0.25) is 14.5 Å². The van der Waals surface area contributed by atoms with E-state index in [2.05, 4.69) is 0 Å². The number of nitrogens with zero attached hydrogens (tertiary/aromatic N) is 4. The second-order valence-corrected chi connectivity index (χ2v) is 9.11. The Morgan fingerprint density at radius 1 is 0.949 bits per heavy atom. The fourth-order valence-corrected chi connectivity index (χ4v) is 4.57. The average Bonchev–Trinajstić information content (AvgIpc) is 3.40. The summed E-state index contributed by atoms with van der Waals surface area (Å²) in [4.78, 5) is 28.0. The van der Waals surface area contributed by atoms with Crippen molar-refractivity contribution in [3.05, 3.63) is 119 Å². The lowest BCUT2D eigenvalue weighted by atomic mass is 9.93. The van der Waals surface area contributed by atoms with E-state index < -0.39 is 11.8 Å². The first-order chi connectivity index (χ1) is 19.0. The summed E-state index contributed by atoms with van der Waals surface area (Å²) in [5, 5.41) is 14.7. The smallest absolute Gasteiger partial charge is 0.271 e. The van der Waals surface area contributed by atoms with Crippen LogP contribution in [0.4, 0.5) is 0 Å². The highest BCUT2D eigenvalue weighted by Gasteiger charge is 2.35. The van der Waals surface area contributed by atoms with Crippen LogP contribution >= 0.6 is 0 Å². The maximum atomic E-state index is 13.7. The molecule has 0 radical (unpaired) electrons. The third-order valence-corrected chi connectivity index (χ3v) is 6.70. The molecule has 7 heteroatoms. The maximum absolute atomic E-state index is 13.7. The van der Waals surface area contributed by atoms with Crippen LogP contribution in [-0.4, -0.2) is 40.1 Å². The number of methoxy groups -OCH3 is 1. The van der Waals surface area contributed by atoms with E-state index in [4.69, 9.17) is 9.84 Å². The van der Waals surface area contributed by atoms with Gasteiger partial charge in [-0.15, -0.1) is 0 Å². The standard InChI is InChI=1S/C32H26N4O3/c1-22-28(31(37)35(32(38)29(22)20-33)17-16-23-10-5-3-6-11-23)19-25-21-36(26-13-7-4-8-14-26)34-30(25)24-12-9-15-27(18-24)39-2/h3-15,18-19,21H,16-17H2,1-2H3/b28-19+. The molecule has 0 saturated carbocycles. The Balaban J connectivity index is 1.61. The Bertz CT molecular complexity index is 1640. The van der Waals surface area contributed by atoms with E-state index >= 15 is 0 Å². The lowest BCUT2D eigenvalue weighted by Gasteiger charge is -2.27. The molecule has 2 amide bonds. The number of carbonyl (C=O) groups is 2. The molecule has 0 atom stereocenters. The van der Waals surface area contributed by atoms with Crippen LogP contribution in [0, 0.1) is 11.3 Å². The number of amides is 2. The third-order valence-electron chi connectivity index (χ3n) is 6.70. The van der Waals surface area contributed by atoms with Gasteiger partial charge in [0.2, 0.25) is 0 Å². The number of para-hydroxylation sites is 1. The van der Waals surface area contributed by atoms with Crippen molar-refractivity contribution in [3.63, 3.8) is 0 Å². The molecule has 0 saturated heterocycles. The SMILES string of the molecule is COc1cccc(-c2nn(-c3ccccc3)cc2/C=C2/C(=O)N(CCc3ccccc3)C(=O)C(C#N)=C2C)c1. The number of carbonyl (C=O) groups excluding carboxylic acids is 2. The van der Waals surface area contributed by atoms with Gasteiger partial charge in [0, 0.05) is 29.4 Å². The third kappa shape index (κ3) is 5.13. The molecule has 192 valence electrons. The van der Waals surface area contributed by atoms with Gasteiger partial charge in [-0.05, 0) is 54.8 Å². The number of rotatable bonds is 7. The second-order valence-electron chi connectivity index (χ2n) is 9.11. The van der Waals surface area contributed by atoms with E-state index in [1.165, 1.54) is 0 Å². The van der Waals surface area contributed by atoms with Crippen LogP contribution in [0.1, 0.15) is 18.1 Å². The number of hydrogen-bond donors (Lipinski definition) is 0. The highest BCUT2D eigenvalue weighted by molar-refractivity contribution is 6.19. The Labute approximate surface area is 226 Å². The van der Waals surface area contributed by atoms with Crippen LogP contribution in [0.15, 0.2) is 108 Å². The first-order valence-electron chi connectivity index (χ1n) is 12.5. The predicted octanol–water partition coefficient (Wildman–Crippen LogP) is 5.38. The van der Waals surface area contributed by atoms with Crippen LogP contribution in [0.3, 0.4) is 0 Å². The Morgan fingerprint density at radius 3 is 2.36 bits per heavy atom. The van der Waals surface area contributed by atoms with Crippen molar-refractivity contribution < 1.29 is 14.3 Å². The summed E-state index contributed by atoms with van der Waals surface area (Å²) in [5.41, 5.74) is 4.57. The Morgan fingerprint density at radius 2 is 1.67 bits per heavy atom. The summed E-state index contributed by atoms with van der Waals surface area (Å²) in [7, 11) is 1.60. The monoisotopic (exact) mass is 514 g/mol. The van der Waals surface area contributed by atoms with Crippen molar-refractivity contribution in [2.24, 2.45) is 0 Å². The van der Waals surface area contributed by atoms with Crippen LogP contribution < -0.4 is 4.74 Å². The summed E-state index contributed by atoms with van der Waals surface area (Å²) in [6, 6.07) is 28.8. The molecule has 0 bridgehead atoms. The van der Waals surface area contributed by atoms with Gasteiger partial charge in [0.15, 0.2) is 0 Å². The van der Waals surface area contributed by atoms with Crippen LogP contribution in [-0.2, 0) is 16.0 Å². The zero-order valence-electron chi connectivity index (χ0n) is 21.7. The van der Waals surface area contributed by atoms with E-state index in [9.17, 15) is 14.9 Å². The van der Waals surface area contributed by atoms with Gasteiger partial charge in [0.25, 0.3) is 11.8 Å². The number of hydrogen-bond acceptors (Lipinski definition) is 5. The fraction of sp³-hybridized carbons (Fsp3) is 0.125. The maximum Gasteiger partial charge on any atom is 0.271 e. The molecule has 3 aromatic carbocycles. The molecular weight excluding hydrogens is 488 g/mol. The molecule has 1 aliphatic rings. The van der Waals surface area contributed by atoms with Gasteiger partial charge in [-0.25, -0.2) is 4.68 Å². The normalized spacial score (nSPS) is 14.6. The van der Waals surface area contributed by atoms with Crippen molar-refractivity contribution in [3.8, 4) is 28.8 Å². The highest BCUT2D eigenvalue weighted by atomic mass is 16.5. The van der Waals surface area contributed by atoms with Gasteiger partial charge in [-0.1, -0.05) is 60.7 Å². The molecule has 0 fully saturated rings. The van der Waals surface area contributed by atoms with Crippen molar-refractivity contribution in [1.82, 2.24) is 14.7 Å². The van der Waals surface area contributed by atoms with Gasteiger partial charge in [0.05, 0.1) is 12.8 Å². The molecule has 5 rings (SSSR count). The fourth-order valence-electron chi connectivity index (χ4n) is 4.57. The Hall–Kier alpha value is -5.22. The number of ether oxygens (including phenoxy) is 1. The molecule has 39 heavy (non-hydrogen) atoms. The minimum Gasteiger partial charge on any atom is -0.497 e. The topological polar surface area (TPSA) is 88.2 Å². The molecule has 1 aromatic heterocycles. The minimum absolute atomic E-state index is 0.0349. The van der Waals surface area contributed by atoms with Gasteiger partial charge >= 0.3 is 0 Å². The molecule has 2 heterocycles. The molecule has 4 aromatic rings. The van der Waals surface area contributed by atoms with Crippen molar-refractivity contribution in [2.45, 2.75) is 13.3 Å². The molecule has 1 aliphatic heterocycles. The van der Waals surface area contributed by atoms with Crippen molar-refractivity contribution in [2.75, 3.05) is 13.7 Å². The summed E-state index contributed by atoms with van der Waals surface area (Å²) in [6.45, 7) is 1.81. The highest BCUT2D eigenvalue weighted by Crippen LogP contribution is 2.32. The molecule has 0 spiro atoms. The minimum atomic E-state index is -0.568. The predicted molar refractivity (Wildman–Crippen MR) is 149 cm³/mol. The second kappa shape index (κ2) is 11.0. The van der Waals surface area contributed by atoms with E-state index in [1.54, 1.807) is 24.8 Å². The number of nitriles is 1. The van der Waals surface area contributed by atoms with Crippen LogP contribution in [0.5, 0.6) is 5.75 Å². The summed E-state index contributed by atoms with van der Waals surface area (Å²) >= 11 is 0. The molecule has 0 N–H and O–H groups in total. The van der Waals surface area contributed by atoms with Crippen molar-refractivity contribution >= 4 is 17.9 Å². The van der Waals surface area contributed by atoms with Crippen LogP contribution in [0.25, 0.3) is 23.0 Å². The molecule has 7 nitrogen and oxygen atoms in total. The lowest BCUT2D eigenvalue weighted by molar-refractivity contribution is -0.140. The molecular formula is C32H26N4O3. The first kappa shape index (κ1) is 25.4. The van der Waals surface area contributed by atoms with E-state index in [0.29, 0.717) is 29.0 Å². The summed E-state index contributed by atoms with van der Waals surface area (Å²) < 4.78 is 7.16. The molecule has 0 unspecified atom stereocenters. The summed E-state index contributed by atoms with van der Waals surface area (Å²) in [5.74, 6) is -0.327. The zero-order chi connectivity index (χ0) is 27.4. The largest absolute Gasteiger partial charge is 0.497 e. The Kier molecular flexibility index (Phi) is 7.19. The lowest BCUT2D eigenvalue weighted by Crippen LogP contribution is -2.43. The molecule has 0 aliphatic carbocycles. The summed E-state index contributed by atoms with van der Waals surface area (Å²) in [6.07, 6.45) is 4.05. The van der Waals surface area contributed by atoms with Gasteiger partial charge in [-0.2, -0.15) is 10.4 Å². The van der Waals surface area contributed by atoms with E-state index in [1.807, 2.05) is 97.2 Å². The van der Waals surface area contributed by atoms with Gasteiger partial charge < -0.3 is 4.74 Å². The van der Waals surface area contributed by atoms with E-state index in [0.717, 1.165) is 21.7 Å². The number of aromatic nitrogens is 2. The average molecular weight is 515 g/mol. The van der Waals surface area contributed by atoms with E-state index in [-0.39, 0.29) is 17.7 Å². The van der Waals surface area contributed by atoms with Gasteiger partial charge in [0.1, 0.15) is 23.1 Å². The van der Waals surface area contributed by atoms with Crippen LogP contribution in [0.2, 0.25) is 0 Å². The number of imide groups is 1. The zero-order valence-corrected chi connectivity index (χ0v) is 21.7.